The zero-order valence-electron chi connectivity index (χ0n) is 27.6. The highest BCUT2D eigenvalue weighted by atomic mass is 16.5. The molecule has 0 saturated carbocycles. The number of piperidine rings is 1. The number of nitrogens with zero attached hydrogens (tertiary/aromatic N) is 3. The Labute approximate surface area is 280 Å². The van der Waals surface area contributed by atoms with Crippen LogP contribution in [0.3, 0.4) is 0 Å². The van der Waals surface area contributed by atoms with Gasteiger partial charge in [-0.2, -0.15) is 0 Å². The number of carbonyl (C=O) groups excluding carboxylic acids is 1. The van der Waals surface area contributed by atoms with E-state index in [1.54, 1.807) is 0 Å². The number of carbonyl (C=O) groups is 3. The van der Waals surface area contributed by atoms with Crippen LogP contribution in [0.4, 0.5) is 0 Å². The SMILES string of the molecule is CC(C)n1c(C(=O)N2CCCC2)cc2c(OC[C@@H](O)CN3CCC(c4ccc5ccccc5c4)CC3)cccc21.O=C(O)C=CC(=O)O. The van der Waals surface area contributed by atoms with E-state index < -0.39 is 18.0 Å². The Morgan fingerprint density at radius 2 is 1.52 bits per heavy atom. The van der Waals surface area contributed by atoms with Crippen LogP contribution in [0.2, 0.25) is 0 Å². The van der Waals surface area contributed by atoms with E-state index in [4.69, 9.17) is 14.9 Å². The number of aliphatic hydroxyl groups is 1. The number of fused-ring (bicyclic) bond motifs is 2. The number of aliphatic carboxylic acids is 2. The Kier molecular flexibility index (Phi) is 11.5. The Bertz CT molecular complexity index is 1750. The molecule has 1 atom stereocenters. The highest BCUT2D eigenvalue weighted by Crippen LogP contribution is 2.33. The number of rotatable bonds is 10. The van der Waals surface area contributed by atoms with Crippen molar-refractivity contribution < 1.29 is 34.4 Å². The largest absolute Gasteiger partial charge is 0.490 e. The average molecular weight is 656 g/mol. The summed E-state index contributed by atoms with van der Waals surface area (Å²) < 4.78 is 8.32. The van der Waals surface area contributed by atoms with Crippen LogP contribution in [0.25, 0.3) is 21.7 Å². The highest BCUT2D eigenvalue weighted by Gasteiger charge is 2.26. The number of carboxylic acid groups (broad SMARTS) is 2. The van der Waals surface area contributed by atoms with Crippen LogP contribution in [0.1, 0.15) is 67.5 Å². The number of β-amino-alcohol motifs (C(OH)–C–C–N with tert-alkyl or cyclic N) is 1. The summed E-state index contributed by atoms with van der Waals surface area (Å²) in [6, 6.07) is 23.5. The second kappa shape index (κ2) is 16.0. The summed E-state index contributed by atoms with van der Waals surface area (Å²) in [6.45, 7) is 8.66. The van der Waals surface area contributed by atoms with Gasteiger partial charge < -0.3 is 34.4 Å². The molecular weight excluding hydrogens is 610 g/mol. The molecule has 3 heterocycles. The van der Waals surface area contributed by atoms with Gasteiger partial charge in [0.15, 0.2) is 0 Å². The quantitative estimate of drug-likeness (QED) is 0.179. The van der Waals surface area contributed by atoms with Crippen LogP contribution >= 0.6 is 0 Å². The number of carboxylic acids is 2. The fourth-order valence-corrected chi connectivity index (χ4v) is 6.74. The number of aromatic nitrogens is 1. The van der Waals surface area contributed by atoms with Crippen molar-refractivity contribution in [1.82, 2.24) is 14.4 Å². The first kappa shape index (κ1) is 34.7. The zero-order chi connectivity index (χ0) is 34.2. The summed E-state index contributed by atoms with van der Waals surface area (Å²) in [4.78, 5) is 36.8. The third kappa shape index (κ3) is 8.62. The number of likely N-dealkylation sites (tertiary alicyclic amines) is 2. The van der Waals surface area contributed by atoms with Crippen molar-refractivity contribution >= 4 is 39.5 Å². The Balaban J connectivity index is 0.000000503. The van der Waals surface area contributed by atoms with Crippen LogP contribution in [0, 0.1) is 0 Å². The molecule has 48 heavy (non-hydrogen) atoms. The third-order valence-electron chi connectivity index (χ3n) is 9.07. The predicted molar refractivity (Wildman–Crippen MR) is 186 cm³/mol. The lowest BCUT2D eigenvalue weighted by molar-refractivity contribution is -0.134. The highest BCUT2D eigenvalue weighted by molar-refractivity contribution is 6.00. The van der Waals surface area contributed by atoms with Gasteiger partial charge >= 0.3 is 11.9 Å². The minimum Gasteiger partial charge on any atom is -0.490 e. The lowest BCUT2D eigenvalue weighted by Crippen LogP contribution is -2.40. The first-order valence-electron chi connectivity index (χ1n) is 16.7. The van der Waals surface area contributed by atoms with Crippen LogP contribution in [-0.2, 0) is 9.59 Å². The Morgan fingerprint density at radius 3 is 2.17 bits per heavy atom. The smallest absolute Gasteiger partial charge is 0.328 e. The summed E-state index contributed by atoms with van der Waals surface area (Å²) in [5, 5.41) is 30.0. The molecule has 3 N–H and O–H groups in total. The second-order valence-electron chi connectivity index (χ2n) is 12.8. The molecule has 2 fully saturated rings. The van der Waals surface area contributed by atoms with Crippen molar-refractivity contribution in [2.45, 2.75) is 57.6 Å². The third-order valence-corrected chi connectivity index (χ3v) is 9.07. The molecule has 2 aliphatic rings. The van der Waals surface area contributed by atoms with Gasteiger partial charge in [-0.1, -0.05) is 48.5 Å². The van der Waals surface area contributed by atoms with Crippen LogP contribution in [-0.4, -0.2) is 93.0 Å². The minimum atomic E-state index is -1.26. The maximum absolute atomic E-state index is 13.3. The molecule has 6 rings (SSSR count). The van der Waals surface area contributed by atoms with E-state index >= 15 is 0 Å². The standard InChI is InChI=1S/C34H41N3O3.C4H4O4/c1-24(2)37-31-10-7-11-33(30(31)21-32(37)34(39)36-16-5-6-17-36)40-23-29(38)22-35-18-14-26(15-19-35)28-13-12-25-8-3-4-9-27(25)20-28;5-3(6)1-2-4(7)8/h3-4,7-13,20-21,24,26,29,38H,5-6,14-19,22-23H2,1-2H3;1-2H,(H,5,6)(H,7,8)/t29-;/m0./s1. The topological polar surface area (TPSA) is 133 Å². The number of benzene rings is 3. The second-order valence-corrected chi connectivity index (χ2v) is 12.8. The maximum Gasteiger partial charge on any atom is 0.328 e. The predicted octanol–water partition coefficient (Wildman–Crippen LogP) is 5.94. The molecule has 1 aromatic heterocycles. The normalized spacial score (nSPS) is 16.4. The zero-order valence-corrected chi connectivity index (χ0v) is 27.6. The Hall–Kier alpha value is -4.67. The summed E-state index contributed by atoms with van der Waals surface area (Å²) in [5.41, 5.74) is 3.14. The average Bonchev–Trinajstić information content (AvgIpc) is 3.76. The van der Waals surface area contributed by atoms with Gasteiger partial charge in [-0.25, -0.2) is 9.59 Å². The van der Waals surface area contributed by atoms with E-state index in [1.165, 1.54) is 16.3 Å². The molecule has 0 unspecified atom stereocenters. The summed E-state index contributed by atoms with van der Waals surface area (Å²) >= 11 is 0. The van der Waals surface area contributed by atoms with E-state index in [0.717, 1.165) is 74.2 Å². The van der Waals surface area contributed by atoms with Crippen molar-refractivity contribution in [2.75, 3.05) is 39.3 Å². The van der Waals surface area contributed by atoms with Gasteiger partial charge in [-0.3, -0.25) is 4.79 Å². The van der Waals surface area contributed by atoms with Gasteiger partial charge in [0.25, 0.3) is 5.91 Å². The summed E-state index contributed by atoms with van der Waals surface area (Å²) in [6.07, 6.45) is 4.88. The number of hydrogen-bond acceptors (Lipinski definition) is 6. The molecule has 1 amide bonds. The molecule has 10 nitrogen and oxygen atoms in total. The van der Waals surface area contributed by atoms with Crippen molar-refractivity contribution in [3.63, 3.8) is 0 Å². The first-order chi connectivity index (χ1) is 23.1. The molecule has 10 heteroatoms. The van der Waals surface area contributed by atoms with Crippen molar-refractivity contribution in [2.24, 2.45) is 0 Å². The van der Waals surface area contributed by atoms with E-state index in [2.05, 4.69) is 71.8 Å². The lowest BCUT2D eigenvalue weighted by Gasteiger charge is -2.33. The number of aliphatic hydroxyl groups excluding tert-OH is 1. The number of amides is 1. The first-order valence-corrected chi connectivity index (χ1v) is 16.7. The molecule has 4 aromatic rings. The summed E-state index contributed by atoms with van der Waals surface area (Å²) in [5.74, 6) is -1.13. The Morgan fingerprint density at radius 1 is 0.854 bits per heavy atom. The lowest BCUT2D eigenvalue weighted by atomic mass is 9.88. The summed E-state index contributed by atoms with van der Waals surface area (Å²) in [7, 11) is 0. The van der Waals surface area contributed by atoms with Crippen LogP contribution in [0.5, 0.6) is 5.75 Å². The van der Waals surface area contributed by atoms with Crippen LogP contribution < -0.4 is 4.74 Å². The number of ether oxygens (including phenoxy) is 1. The molecule has 2 saturated heterocycles. The van der Waals surface area contributed by atoms with Crippen molar-refractivity contribution in [3.05, 3.63) is 90.1 Å². The maximum atomic E-state index is 13.3. The molecule has 0 radical (unpaired) electrons. The van der Waals surface area contributed by atoms with Gasteiger partial charge in [0.1, 0.15) is 24.2 Å². The van der Waals surface area contributed by atoms with E-state index in [9.17, 15) is 19.5 Å². The van der Waals surface area contributed by atoms with Gasteiger partial charge in [0.2, 0.25) is 0 Å². The fourth-order valence-electron chi connectivity index (χ4n) is 6.74. The molecule has 2 aliphatic heterocycles. The van der Waals surface area contributed by atoms with Crippen molar-refractivity contribution in [3.8, 4) is 5.75 Å². The monoisotopic (exact) mass is 655 g/mol. The van der Waals surface area contributed by atoms with Crippen LogP contribution in [0.15, 0.2) is 78.9 Å². The molecule has 0 spiro atoms. The molecule has 0 bridgehead atoms. The van der Waals surface area contributed by atoms with Gasteiger partial charge in [-0.05, 0) is 93.1 Å². The molecular formula is C38H45N3O7. The van der Waals surface area contributed by atoms with E-state index in [0.29, 0.717) is 24.6 Å². The minimum absolute atomic E-state index is 0.0977. The molecule has 0 aliphatic carbocycles. The molecule has 254 valence electrons. The van der Waals surface area contributed by atoms with E-state index in [1.807, 2.05) is 23.1 Å². The van der Waals surface area contributed by atoms with Crippen molar-refractivity contribution in [1.29, 1.82) is 0 Å². The van der Waals surface area contributed by atoms with E-state index in [-0.39, 0.29) is 18.6 Å². The van der Waals surface area contributed by atoms with Gasteiger partial charge in [0, 0.05) is 43.2 Å². The molecule has 3 aromatic carbocycles. The van der Waals surface area contributed by atoms with Gasteiger partial charge in [0.05, 0.1) is 5.52 Å². The number of hydrogen-bond donors (Lipinski definition) is 3. The van der Waals surface area contributed by atoms with Gasteiger partial charge in [-0.15, -0.1) is 0 Å². The fraction of sp³-hybridized carbons (Fsp3) is 0.395.